The zero-order valence-electron chi connectivity index (χ0n) is 27.6. The fourth-order valence-corrected chi connectivity index (χ4v) is 8.62. The first-order chi connectivity index (χ1) is 22.2. The van der Waals surface area contributed by atoms with Gasteiger partial charge in [0, 0.05) is 33.1 Å². The van der Waals surface area contributed by atoms with Crippen LogP contribution in [0.15, 0.2) is 18.2 Å². The van der Waals surface area contributed by atoms with Crippen LogP contribution in [0.25, 0.3) is 0 Å². The van der Waals surface area contributed by atoms with E-state index < -0.39 is 60.2 Å². The lowest BCUT2D eigenvalue weighted by atomic mass is 9.53. The summed E-state index contributed by atoms with van der Waals surface area (Å²) in [4.78, 5) is 61.1. The first kappa shape index (κ1) is 34.2. The van der Waals surface area contributed by atoms with Gasteiger partial charge in [-0.15, -0.1) is 6.42 Å². The first-order valence-corrected chi connectivity index (χ1v) is 16.0. The maximum Gasteiger partial charge on any atom is 0.339 e. The van der Waals surface area contributed by atoms with Crippen molar-refractivity contribution in [3.8, 4) is 18.1 Å². The largest absolute Gasteiger partial charge is 0.467 e. The molecule has 1 aromatic rings. The van der Waals surface area contributed by atoms with E-state index in [1.165, 1.54) is 12.5 Å². The third kappa shape index (κ3) is 6.30. The number of terminal acetylenes is 1. The van der Waals surface area contributed by atoms with Gasteiger partial charge in [0.25, 0.3) is 0 Å². The van der Waals surface area contributed by atoms with Gasteiger partial charge in [0.2, 0.25) is 12.4 Å². The Morgan fingerprint density at radius 2 is 1.53 bits per heavy atom. The number of carbonyl (C=O) groups excluding carboxylic acids is 5. The maximum atomic E-state index is 12.8. The number of fused-ring (bicyclic) bond motifs is 5. The Morgan fingerprint density at radius 3 is 2.15 bits per heavy atom. The zero-order valence-corrected chi connectivity index (χ0v) is 27.6. The highest BCUT2D eigenvalue weighted by molar-refractivity contribution is 5.77. The third-order valence-electron chi connectivity index (χ3n) is 10.5. The quantitative estimate of drug-likeness (QED) is 0.240. The van der Waals surface area contributed by atoms with Gasteiger partial charge >= 0.3 is 29.8 Å². The number of methoxy groups -OCH3 is 1. The maximum absolute atomic E-state index is 12.8. The minimum atomic E-state index is -1.55. The topological polar surface area (TPSA) is 150 Å². The summed E-state index contributed by atoms with van der Waals surface area (Å²) < 4.78 is 39.1. The monoisotopic (exact) mass is 654 g/mol. The molecule has 0 bridgehead atoms. The Balaban J connectivity index is 1.42. The molecule has 254 valence electrons. The molecule has 0 N–H and O–H groups in total. The number of hydrogen-bond acceptors (Lipinski definition) is 12. The second kappa shape index (κ2) is 13.2. The van der Waals surface area contributed by atoms with Gasteiger partial charge in [-0.05, 0) is 79.5 Å². The van der Waals surface area contributed by atoms with Crippen molar-refractivity contribution in [2.24, 2.45) is 17.3 Å². The number of benzene rings is 1. The smallest absolute Gasteiger partial charge is 0.339 e. The summed E-state index contributed by atoms with van der Waals surface area (Å²) in [6.07, 6.45) is 3.68. The van der Waals surface area contributed by atoms with E-state index in [1.54, 1.807) is 6.07 Å². The van der Waals surface area contributed by atoms with E-state index in [2.05, 4.69) is 12.8 Å². The molecular formula is C35H42O12. The Kier molecular flexibility index (Phi) is 9.60. The number of hydrogen-bond donors (Lipinski definition) is 0. The highest BCUT2D eigenvalue weighted by Crippen LogP contribution is 2.65. The average Bonchev–Trinajstić information content (AvgIpc) is 3.30. The molecule has 1 aliphatic heterocycles. The molecule has 3 fully saturated rings. The van der Waals surface area contributed by atoms with Crippen molar-refractivity contribution >= 4 is 29.8 Å². The van der Waals surface area contributed by atoms with E-state index in [-0.39, 0.29) is 17.3 Å². The average molecular weight is 655 g/mol. The van der Waals surface area contributed by atoms with Gasteiger partial charge in [-0.1, -0.05) is 18.9 Å². The minimum absolute atomic E-state index is 0.290. The van der Waals surface area contributed by atoms with Gasteiger partial charge in [-0.2, -0.15) is 0 Å². The summed E-state index contributed by atoms with van der Waals surface area (Å²) in [7, 11) is 1.13. The van der Waals surface area contributed by atoms with Crippen LogP contribution in [0.5, 0.6) is 5.75 Å². The molecule has 12 nitrogen and oxygen atoms in total. The van der Waals surface area contributed by atoms with Crippen LogP contribution in [0, 0.1) is 29.6 Å². The van der Waals surface area contributed by atoms with Crippen molar-refractivity contribution in [3.63, 3.8) is 0 Å². The van der Waals surface area contributed by atoms with E-state index >= 15 is 0 Å². The molecule has 3 aliphatic carbocycles. The first-order valence-electron chi connectivity index (χ1n) is 16.0. The number of aryl methyl sites for hydroxylation is 1. The predicted octanol–water partition coefficient (Wildman–Crippen LogP) is 3.55. The molecule has 2 saturated carbocycles. The standard InChI is InChI=1S/C35H42O12/c1-8-35(47-21(5)39)16-14-27-26-11-9-22-17-23(10-12-24(22)25(26)13-15-34(27,35)6)45-33-31(44-20(4)38)29(43-19(3)37)28(42-18(2)36)30(46-33)32(40)41-7/h1,10,12,17,25-31,33H,9,11,13-16H2,2-7H3/t25-,26-,27-,28+,29+,30+,31-,33+,34+,35+/m1/s1. The van der Waals surface area contributed by atoms with Crippen molar-refractivity contribution < 1.29 is 57.1 Å². The lowest BCUT2D eigenvalue weighted by Crippen LogP contribution is -2.64. The Bertz CT molecular complexity index is 1480. The molecule has 12 heteroatoms. The van der Waals surface area contributed by atoms with Crippen LogP contribution in [-0.4, -0.2) is 73.3 Å². The lowest BCUT2D eigenvalue weighted by Gasteiger charge is -2.52. The van der Waals surface area contributed by atoms with Crippen molar-refractivity contribution in [2.45, 2.75) is 115 Å². The molecule has 0 spiro atoms. The van der Waals surface area contributed by atoms with E-state index in [4.69, 9.17) is 39.6 Å². The lowest BCUT2D eigenvalue weighted by molar-refractivity contribution is -0.282. The molecule has 0 amide bonds. The Morgan fingerprint density at radius 1 is 0.872 bits per heavy atom. The molecule has 10 atom stereocenters. The SMILES string of the molecule is C#C[C@]1(OC(C)=O)CC[C@@H]2[C@@H]3CCc4cc(O[C@H]5O[C@H](C(=O)OC)[C@@H](OC(C)=O)[C@H](OC(C)=O)[C@H]5OC(C)=O)ccc4[C@H]3CC[C@@]21C. The van der Waals surface area contributed by atoms with Crippen molar-refractivity contribution in [1.29, 1.82) is 0 Å². The van der Waals surface area contributed by atoms with Crippen LogP contribution < -0.4 is 4.74 Å². The van der Waals surface area contributed by atoms with Crippen LogP contribution in [-0.2, 0) is 58.8 Å². The molecule has 5 rings (SSSR count). The number of rotatable bonds is 7. The van der Waals surface area contributed by atoms with Crippen LogP contribution in [0.3, 0.4) is 0 Å². The fourth-order valence-electron chi connectivity index (χ4n) is 8.62. The summed E-state index contributed by atoms with van der Waals surface area (Å²) in [5.74, 6) is 0.676. The molecule has 1 aromatic carbocycles. The number of carbonyl (C=O) groups is 5. The van der Waals surface area contributed by atoms with Gasteiger partial charge in [-0.3, -0.25) is 19.2 Å². The molecule has 1 saturated heterocycles. The molecule has 1 heterocycles. The molecule has 0 radical (unpaired) electrons. The third-order valence-corrected chi connectivity index (χ3v) is 10.5. The second-order valence-electron chi connectivity index (χ2n) is 13.1. The van der Waals surface area contributed by atoms with E-state index in [9.17, 15) is 24.0 Å². The zero-order chi connectivity index (χ0) is 34.3. The van der Waals surface area contributed by atoms with Gasteiger partial charge < -0.3 is 33.2 Å². The molecule has 0 unspecified atom stereocenters. The summed E-state index contributed by atoms with van der Waals surface area (Å²) in [5.41, 5.74) is 1.10. The normalized spacial score (nSPS) is 35.4. The number of esters is 5. The van der Waals surface area contributed by atoms with Crippen LogP contribution in [0.4, 0.5) is 0 Å². The van der Waals surface area contributed by atoms with E-state index in [0.717, 1.165) is 65.5 Å². The van der Waals surface area contributed by atoms with Gasteiger partial charge in [0.05, 0.1) is 7.11 Å². The highest BCUT2D eigenvalue weighted by Gasteiger charge is 2.63. The van der Waals surface area contributed by atoms with Crippen molar-refractivity contribution in [3.05, 3.63) is 29.3 Å². The molecule has 0 aromatic heterocycles. The van der Waals surface area contributed by atoms with Gasteiger partial charge in [-0.25, -0.2) is 4.79 Å². The molecule has 47 heavy (non-hydrogen) atoms. The summed E-state index contributed by atoms with van der Waals surface area (Å²) in [6, 6.07) is 5.71. The number of ether oxygens (including phenoxy) is 7. The van der Waals surface area contributed by atoms with Crippen molar-refractivity contribution in [1.82, 2.24) is 0 Å². The van der Waals surface area contributed by atoms with Crippen LogP contribution >= 0.6 is 0 Å². The highest BCUT2D eigenvalue weighted by atomic mass is 16.7. The van der Waals surface area contributed by atoms with Gasteiger partial charge in [0.15, 0.2) is 23.9 Å². The van der Waals surface area contributed by atoms with E-state index in [0.29, 0.717) is 24.0 Å². The summed E-state index contributed by atoms with van der Waals surface area (Å²) in [6.45, 7) is 6.99. The minimum Gasteiger partial charge on any atom is -0.467 e. The van der Waals surface area contributed by atoms with Crippen LogP contribution in [0.2, 0.25) is 0 Å². The Labute approximate surface area is 274 Å². The van der Waals surface area contributed by atoms with E-state index in [1.807, 2.05) is 12.1 Å². The Hall–Kier alpha value is -4.11. The van der Waals surface area contributed by atoms with Crippen molar-refractivity contribution in [2.75, 3.05) is 7.11 Å². The second-order valence-corrected chi connectivity index (χ2v) is 13.1. The fraction of sp³-hybridized carbons (Fsp3) is 0.629. The summed E-state index contributed by atoms with van der Waals surface area (Å²) >= 11 is 0. The predicted molar refractivity (Wildman–Crippen MR) is 162 cm³/mol. The summed E-state index contributed by atoms with van der Waals surface area (Å²) in [5, 5.41) is 0. The van der Waals surface area contributed by atoms with Gasteiger partial charge in [0.1, 0.15) is 5.75 Å². The molecule has 4 aliphatic rings. The molecular weight excluding hydrogens is 612 g/mol. The van der Waals surface area contributed by atoms with Crippen LogP contribution in [0.1, 0.15) is 83.8 Å².